The first-order valence-corrected chi connectivity index (χ1v) is 7.00. The van der Waals surface area contributed by atoms with E-state index in [0.29, 0.717) is 0 Å². The first-order valence-electron chi connectivity index (χ1n) is 7.00. The molecule has 1 aliphatic carbocycles. The Morgan fingerprint density at radius 1 is 1.05 bits per heavy atom. The van der Waals surface area contributed by atoms with Gasteiger partial charge < -0.3 is 0 Å². The summed E-state index contributed by atoms with van der Waals surface area (Å²) in [4.78, 5) is 0. The molecule has 3 heteroatoms. The zero-order valence-corrected chi connectivity index (χ0v) is 12.4. The summed E-state index contributed by atoms with van der Waals surface area (Å²) in [6, 6.07) is 9.96. The monoisotopic (exact) mass is 269 g/mol. The van der Waals surface area contributed by atoms with Gasteiger partial charge in [0.25, 0.3) is 0 Å². The number of allylic oxidation sites excluding steroid dienone is 6. The van der Waals surface area contributed by atoms with Crippen LogP contribution in [0.15, 0.2) is 66.3 Å². The van der Waals surface area contributed by atoms with Crippen LogP contribution in [0.2, 0.25) is 0 Å². The summed E-state index contributed by atoms with van der Waals surface area (Å²) in [6.07, 6.45) is 11.7. The number of benzene rings is 1. The molecule has 1 aromatic carbocycles. The fourth-order valence-corrected chi connectivity index (χ4v) is 1.53. The van der Waals surface area contributed by atoms with Gasteiger partial charge in [-0.3, -0.25) is 5.10 Å². The molecule has 0 unspecified atom stereocenters. The largest absolute Gasteiger partial charge is 0.266 e. The standard InChI is InChI=1S/C8H10.C7H7N3.C2H6/c1-8-6-4-2-3-5-7-8;1-2-4-6(5-3-1)7-8-10-9-7;1-2/h2,4-7H,3H2,1H3;1-5,10H,(H,8,9);1-2H3. The van der Waals surface area contributed by atoms with Crippen molar-refractivity contribution < 1.29 is 0 Å². The van der Waals surface area contributed by atoms with E-state index in [1.807, 2.05) is 44.2 Å². The van der Waals surface area contributed by atoms with Crippen molar-refractivity contribution in [3.8, 4) is 11.4 Å². The van der Waals surface area contributed by atoms with E-state index in [4.69, 9.17) is 0 Å². The second-order valence-corrected chi connectivity index (χ2v) is 4.04. The number of aromatic nitrogens is 3. The Kier molecular flexibility index (Phi) is 7.58. The Labute approximate surface area is 121 Å². The minimum atomic E-state index is 0.903. The average Bonchev–Trinajstić information content (AvgIpc) is 2.69. The Hall–Kier alpha value is -2.29. The molecule has 3 rings (SSSR count). The summed E-state index contributed by atoms with van der Waals surface area (Å²) in [5, 5.41) is 9.35. The van der Waals surface area contributed by atoms with Gasteiger partial charge in [0.05, 0.1) is 0 Å². The van der Waals surface area contributed by atoms with Crippen molar-refractivity contribution in [1.82, 2.24) is 15.4 Å². The van der Waals surface area contributed by atoms with Gasteiger partial charge in [0, 0.05) is 5.56 Å². The summed E-state index contributed by atoms with van der Waals surface area (Å²) in [6.45, 7) is 6.10. The molecule has 0 saturated heterocycles. The van der Waals surface area contributed by atoms with E-state index in [1.165, 1.54) is 5.57 Å². The molecule has 2 aromatic rings. The maximum absolute atomic E-state index is 3.89. The van der Waals surface area contributed by atoms with Crippen molar-refractivity contribution in [2.75, 3.05) is 0 Å². The molecular weight excluding hydrogens is 246 g/mol. The van der Waals surface area contributed by atoms with Gasteiger partial charge in [0.2, 0.25) is 0 Å². The van der Waals surface area contributed by atoms with Crippen LogP contribution in [-0.4, -0.2) is 15.4 Å². The normalized spacial score (nSPS) is 12.4. The van der Waals surface area contributed by atoms with E-state index in [-0.39, 0.29) is 0 Å². The van der Waals surface area contributed by atoms with E-state index in [9.17, 15) is 0 Å². The second-order valence-electron chi connectivity index (χ2n) is 4.04. The van der Waals surface area contributed by atoms with Crippen LogP contribution in [0.25, 0.3) is 11.4 Å². The zero-order valence-electron chi connectivity index (χ0n) is 12.4. The Balaban J connectivity index is 0.000000182. The molecule has 0 saturated carbocycles. The molecular formula is C17H23N3. The maximum Gasteiger partial charge on any atom is 0.174 e. The van der Waals surface area contributed by atoms with E-state index >= 15 is 0 Å². The molecule has 0 spiro atoms. The number of H-pyrrole nitrogens is 2. The summed E-state index contributed by atoms with van der Waals surface area (Å²) < 4.78 is 0. The smallest absolute Gasteiger partial charge is 0.174 e. The number of nitrogens with one attached hydrogen (secondary N) is 2. The van der Waals surface area contributed by atoms with Crippen molar-refractivity contribution in [2.45, 2.75) is 27.2 Å². The molecule has 3 nitrogen and oxygen atoms in total. The van der Waals surface area contributed by atoms with Crippen molar-refractivity contribution in [3.63, 3.8) is 0 Å². The summed E-state index contributed by atoms with van der Waals surface area (Å²) >= 11 is 0. The number of aromatic amines is 2. The minimum Gasteiger partial charge on any atom is -0.266 e. The van der Waals surface area contributed by atoms with Crippen LogP contribution in [0.3, 0.4) is 0 Å². The second kappa shape index (κ2) is 9.62. The van der Waals surface area contributed by atoms with Gasteiger partial charge in [-0.25, -0.2) is 5.21 Å². The Morgan fingerprint density at radius 2 is 1.75 bits per heavy atom. The van der Waals surface area contributed by atoms with E-state index in [0.717, 1.165) is 17.8 Å². The molecule has 1 aromatic heterocycles. The van der Waals surface area contributed by atoms with Crippen molar-refractivity contribution in [2.24, 2.45) is 0 Å². The van der Waals surface area contributed by atoms with Crippen LogP contribution < -0.4 is 0 Å². The first kappa shape index (κ1) is 15.8. The van der Waals surface area contributed by atoms with E-state index in [1.54, 1.807) is 0 Å². The van der Waals surface area contributed by atoms with Crippen molar-refractivity contribution in [3.05, 3.63) is 66.3 Å². The molecule has 0 aliphatic heterocycles. The molecule has 1 aliphatic rings. The van der Waals surface area contributed by atoms with Gasteiger partial charge in [0.1, 0.15) is 0 Å². The molecule has 20 heavy (non-hydrogen) atoms. The van der Waals surface area contributed by atoms with Crippen LogP contribution in [0.1, 0.15) is 27.2 Å². The molecule has 0 amide bonds. The zero-order chi connectivity index (χ0) is 14.6. The quantitative estimate of drug-likeness (QED) is 0.761. The Morgan fingerprint density at radius 3 is 2.35 bits per heavy atom. The molecule has 1 heterocycles. The number of nitrogens with zero attached hydrogens (tertiary/aromatic N) is 1. The average molecular weight is 269 g/mol. The highest BCUT2D eigenvalue weighted by Crippen LogP contribution is 2.11. The molecule has 2 N–H and O–H groups in total. The SMILES string of the molecule is CC.CC1=CC=CCC=C1.c1ccc(-c2n[nH][nH]2)cc1. The number of hydrogen-bond acceptors (Lipinski definition) is 1. The maximum atomic E-state index is 3.89. The van der Waals surface area contributed by atoms with Gasteiger partial charge in [0.15, 0.2) is 5.82 Å². The topological polar surface area (TPSA) is 44.5 Å². The van der Waals surface area contributed by atoms with Crippen LogP contribution in [0.5, 0.6) is 0 Å². The molecule has 0 fully saturated rings. The van der Waals surface area contributed by atoms with Crippen molar-refractivity contribution >= 4 is 0 Å². The van der Waals surface area contributed by atoms with Crippen LogP contribution in [-0.2, 0) is 0 Å². The summed E-state index contributed by atoms with van der Waals surface area (Å²) in [5.41, 5.74) is 2.44. The fraction of sp³-hybridized carbons (Fsp3) is 0.235. The highest BCUT2D eigenvalue weighted by molar-refractivity contribution is 5.53. The fourth-order valence-electron chi connectivity index (χ4n) is 1.53. The number of hydrogen-bond donors (Lipinski definition) is 2. The van der Waals surface area contributed by atoms with Gasteiger partial charge in [-0.05, 0) is 13.3 Å². The van der Waals surface area contributed by atoms with Crippen LogP contribution in [0.4, 0.5) is 0 Å². The number of rotatable bonds is 1. The first-order chi connectivity index (χ1) is 9.86. The lowest BCUT2D eigenvalue weighted by Gasteiger charge is -2.00. The molecule has 0 bridgehead atoms. The van der Waals surface area contributed by atoms with Crippen LogP contribution in [0, 0.1) is 0 Å². The molecule has 106 valence electrons. The third kappa shape index (κ3) is 5.57. The minimum absolute atomic E-state index is 0.903. The summed E-state index contributed by atoms with van der Waals surface area (Å²) in [5.74, 6) is 0.903. The van der Waals surface area contributed by atoms with Gasteiger partial charge in [-0.1, -0.05) is 80.1 Å². The third-order valence-corrected chi connectivity index (χ3v) is 2.54. The summed E-state index contributed by atoms with van der Waals surface area (Å²) in [7, 11) is 0. The van der Waals surface area contributed by atoms with E-state index in [2.05, 4.69) is 52.7 Å². The predicted molar refractivity (Wildman–Crippen MR) is 86.4 cm³/mol. The Bertz CT molecular complexity index is 533. The highest BCUT2D eigenvalue weighted by Gasteiger charge is 1.97. The van der Waals surface area contributed by atoms with Gasteiger partial charge in [-0.15, -0.1) is 5.10 Å². The molecule has 0 atom stereocenters. The van der Waals surface area contributed by atoms with Crippen molar-refractivity contribution in [1.29, 1.82) is 0 Å². The highest BCUT2D eigenvalue weighted by atomic mass is 15.4. The lowest BCUT2D eigenvalue weighted by molar-refractivity contribution is 0.779. The van der Waals surface area contributed by atoms with Crippen LogP contribution >= 0.6 is 0 Å². The lowest BCUT2D eigenvalue weighted by Crippen LogP contribution is -1.98. The van der Waals surface area contributed by atoms with Gasteiger partial charge in [-0.2, -0.15) is 0 Å². The predicted octanol–water partition coefficient (Wildman–Crippen LogP) is 4.88. The molecule has 0 radical (unpaired) electrons. The lowest BCUT2D eigenvalue weighted by atomic mass is 10.2. The third-order valence-electron chi connectivity index (χ3n) is 2.54. The van der Waals surface area contributed by atoms with Gasteiger partial charge >= 0.3 is 0 Å². The van der Waals surface area contributed by atoms with E-state index < -0.39 is 0 Å².